The smallest absolute Gasteiger partial charge is 0.332 e. The minimum atomic E-state index is -0.465. The summed E-state index contributed by atoms with van der Waals surface area (Å²) in [5.74, 6) is -0.390. The first kappa shape index (κ1) is 11.8. The van der Waals surface area contributed by atoms with Crippen LogP contribution < -0.4 is 0 Å². The zero-order chi connectivity index (χ0) is 11.3. The van der Waals surface area contributed by atoms with E-state index in [1.165, 1.54) is 0 Å². The summed E-state index contributed by atoms with van der Waals surface area (Å²) in [6, 6.07) is 0. The zero-order valence-electron chi connectivity index (χ0n) is 9.07. The summed E-state index contributed by atoms with van der Waals surface area (Å²) in [7, 11) is 0. The average Bonchev–Trinajstić information content (AvgIpc) is 2.63. The van der Waals surface area contributed by atoms with E-state index in [9.17, 15) is 9.59 Å². The van der Waals surface area contributed by atoms with Crippen LogP contribution in [-0.2, 0) is 14.3 Å². The molecule has 1 aliphatic heterocycles. The molecule has 15 heavy (non-hydrogen) atoms. The molecule has 0 saturated carbocycles. The highest BCUT2D eigenvalue weighted by molar-refractivity contribution is 5.82. The maximum Gasteiger partial charge on any atom is 0.332 e. The summed E-state index contributed by atoms with van der Waals surface area (Å²) in [5.41, 5.74) is 0. The van der Waals surface area contributed by atoms with Crippen molar-refractivity contribution in [1.29, 1.82) is 0 Å². The van der Waals surface area contributed by atoms with E-state index in [1.54, 1.807) is 4.90 Å². The molecule has 1 aliphatic rings. The van der Waals surface area contributed by atoms with E-state index in [1.807, 2.05) is 6.92 Å². The second-order valence-electron chi connectivity index (χ2n) is 3.58. The van der Waals surface area contributed by atoms with Crippen LogP contribution in [0.1, 0.15) is 32.6 Å². The SMILES string of the molecule is C=CC(=O)OC(CCC)N1CCCC1=O. The number of carbonyl (C=O) groups excluding carboxylic acids is 2. The third-order valence-electron chi connectivity index (χ3n) is 2.41. The third-order valence-corrected chi connectivity index (χ3v) is 2.41. The first-order valence-electron chi connectivity index (χ1n) is 5.31. The normalized spacial score (nSPS) is 17.7. The number of rotatable bonds is 5. The molecule has 0 aromatic carbocycles. The molecular formula is C11H17NO3. The molecule has 1 fully saturated rings. The molecule has 4 nitrogen and oxygen atoms in total. The lowest BCUT2D eigenvalue weighted by Crippen LogP contribution is -2.39. The van der Waals surface area contributed by atoms with Crippen molar-refractivity contribution in [3.63, 3.8) is 0 Å². The van der Waals surface area contributed by atoms with Crippen LogP contribution in [0.3, 0.4) is 0 Å². The van der Waals surface area contributed by atoms with Gasteiger partial charge in [0.1, 0.15) is 0 Å². The van der Waals surface area contributed by atoms with Gasteiger partial charge >= 0.3 is 5.97 Å². The van der Waals surface area contributed by atoms with E-state index in [0.717, 1.165) is 18.9 Å². The number of hydrogen-bond donors (Lipinski definition) is 0. The Balaban J connectivity index is 2.59. The molecule has 0 bridgehead atoms. The van der Waals surface area contributed by atoms with Gasteiger partial charge in [0.15, 0.2) is 6.23 Å². The largest absolute Gasteiger partial charge is 0.438 e. The fourth-order valence-corrected chi connectivity index (χ4v) is 1.68. The van der Waals surface area contributed by atoms with Gasteiger partial charge in [0, 0.05) is 25.5 Å². The molecule has 0 aromatic heterocycles. The van der Waals surface area contributed by atoms with Gasteiger partial charge in [0.05, 0.1) is 0 Å². The first-order valence-corrected chi connectivity index (χ1v) is 5.31. The van der Waals surface area contributed by atoms with E-state index in [2.05, 4.69) is 6.58 Å². The number of carbonyl (C=O) groups is 2. The lowest BCUT2D eigenvalue weighted by atomic mass is 10.3. The Morgan fingerprint density at radius 1 is 1.73 bits per heavy atom. The summed E-state index contributed by atoms with van der Waals surface area (Å²) in [4.78, 5) is 24.2. The van der Waals surface area contributed by atoms with Crippen LogP contribution in [0.2, 0.25) is 0 Å². The molecule has 1 atom stereocenters. The van der Waals surface area contributed by atoms with Gasteiger partial charge in [-0.25, -0.2) is 4.79 Å². The predicted molar refractivity (Wildman–Crippen MR) is 55.9 cm³/mol. The predicted octanol–water partition coefficient (Wildman–Crippen LogP) is 1.46. The van der Waals surface area contributed by atoms with Crippen LogP contribution in [0.5, 0.6) is 0 Å². The van der Waals surface area contributed by atoms with Gasteiger partial charge in [-0.2, -0.15) is 0 Å². The van der Waals surface area contributed by atoms with E-state index in [0.29, 0.717) is 19.4 Å². The van der Waals surface area contributed by atoms with Gasteiger partial charge in [-0.3, -0.25) is 4.79 Å². The van der Waals surface area contributed by atoms with Crippen molar-refractivity contribution in [2.24, 2.45) is 0 Å². The molecule has 0 N–H and O–H groups in total. The van der Waals surface area contributed by atoms with Crippen molar-refractivity contribution in [3.05, 3.63) is 12.7 Å². The van der Waals surface area contributed by atoms with Crippen molar-refractivity contribution in [2.45, 2.75) is 38.8 Å². The van der Waals surface area contributed by atoms with Gasteiger partial charge in [0.25, 0.3) is 0 Å². The maximum absolute atomic E-state index is 11.5. The Morgan fingerprint density at radius 2 is 2.47 bits per heavy atom. The van der Waals surface area contributed by atoms with Crippen molar-refractivity contribution in [1.82, 2.24) is 4.90 Å². The summed E-state index contributed by atoms with van der Waals surface area (Å²) in [5, 5.41) is 0. The molecule has 4 heteroatoms. The second kappa shape index (κ2) is 5.53. The monoisotopic (exact) mass is 211 g/mol. The Bertz CT molecular complexity index is 263. The number of hydrogen-bond acceptors (Lipinski definition) is 3. The van der Waals surface area contributed by atoms with Crippen LogP contribution in [-0.4, -0.2) is 29.5 Å². The maximum atomic E-state index is 11.5. The Morgan fingerprint density at radius 3 is 2.93 bits per heavy atom. The first-order chi connectivity index (χ1) is 7.19. The molecular weight excluding hydrogens is 194 g/mol. The lowest BCUT2D eigenvalue weighted by molar-refractivity contribution is -0.158. The fraction of sp³-hybridized carbons (Fsp3) is 0.636. The number of amides is 1. The van der Waals surface area contributed by atoms with E-state index >= 15 is 0 Å². The molecule has 84 valence electrons. The Labute approximate surface area is 89.9 Å². The molecule has 1 rings (SSSR count). The summed E-state index contributed by atoms with van der Waals surface area (Å²) < 4.78 is 5.14. The van der Waals surface area contributed by atoms with E-state index < -0.39 is 12.2 Å². The van der Waals surface area contributed by atoms with Crippen LogP contribution in [0.4, 0.5) is 0 Å². The summed E-state index contributed by atoms with van der Waals surface area (Å²) >= 11 is 0. The quantitative estimate of drug-likeness (QED) is 0.511. The minimum absolute atomic E-state index is 0.0744. The Hall–Kier alpha value is -1.32. The van der Waals surface area contributed by atoms with E-state index in [-0.39, 0.29) is 5.91 Å². The highest BCUT2D eigenvalue weighted by atomic mass is 16.6. The molecule has 0 aliphatic carbocycles. The van der Waals surface area contributed by atoms with Crippen molar-refractivity contribution in [2.75, 3.05) is 6.54 Å². The van der Waals surface area contributed by atoms with Crippen LogP contribution >= 0.6 is 0 Å². The number of nitrogens with zero attached hydrogens (tertiary/aromatic N) is 1. The van der Waals surface area contributed by atoms with Gasteiger partial charge in [-0.15, -0.1) is 0 Å². The minimum Gasteiger partial charge on any atom is -0.438 e. The fourth-order valence-electron chi connectivity index (χ4n) is 1.68. The highest BCUT2D eigenvalue weighted by Crippen LogP contribution is 2.18. The third kappa shape index (κ3) is 3.08. The van der Waals surface area contributed by atoms with Gasteiger partial charge in [-0.1, -0.05) is 19.9 Å². The van der Waals surface area contributed by atoms with Crippen LogP contribution in [0.25, 0.3) is 0 Å². The Kier molecular flexibility index (Phi) is 4.34. The van der Waals surface area contributed by atoms with Crippen LogP contribution in [0.15, 0.2) is 12.7 Å². The van der Waals surface area contributed by atoms with Crippen LogP contribution in [0, 0.1) is 0 Å². The zero-order valence-corrected chi connectivity index (χ0v) is 9.07. The molecule has 1 amide bonds. The van der Waals surface area contributed by atoms with Gasteiger partial charge < -0.3 is 9.64 Å². The molecule has 1 saturated heterocycles. The van der Waals surface area contributed by atoms with Crippen molar-refractivity contribution >= 4 is 11.9 Å². The van der Waals surface area contributed by atoms with Crippen molar-refractivity contribution in [3.8, 4) is 0 Å². The number of esters is 1. The topological polar surface area (TPSA) is 46.6 Å². The lowest BCUT2D eigenvalue weighted by Gasteiger charge is -2.26. The second-order valence-corrected chi connectivity index (χ2v) is 3.58. The summed E-state index contributed by atoms with van der Waals surface area (Å²) in [6.07, 6.45) is 3.69. The number of ether oxygens (including phenoxy) is 1. The van der Waals surface area contributed by atoms with Crippen molar-refractivity contribution < 1.29 is 14.3 Å². The standard InChI is InChI=1S/C11H17NO3/c1-3-6-10(15-11(14)4-2)12-8-5-7-9(12)13/h4,10H,2-3,5-8H2,1H3. The molecule has 1 unspecified atom stereocenters. The average molecular weight is 211 g/mol. The number of likely N-dealkylation sites (tertiary alicyclic amines) is 1. The highest BCUT2D eigenvalue weighted by Gasteiger charge is 2.29. The van der Waals surface area contributed by atoms with Gasteiger partial charge in [0.2, 0.25) is 5.91 Å². The molecule has 0 spiro atoms. The van der Waals surface area contributed by atoms with Gasteiger partial charge in [-0.05, 0) is 6.42 Å². The molecule has 0 aromatic rings. The molecule has 1 heterocycles. The molecule has 0 radical (unpaired) electrons. The summed E-state index contributed by atoms with van der Waals surface area (Å²) in [6.45, 7) is 6.03. The van der Waals surface area contributed by atoms with E-state index in [4.69, 9.17) is 4.74 Å².